The zero-order valence-electron chi connectivity index (χ0n) is 11.2. The van der Waals surface area contributed by atoms with Crippen molar-refractivity contribution in [2.24, 2.45) is 0 Å². The van der Waals surface area contributed by atoms with Crippen molar-refractivity contribution in [1.82, 2.24) is 0 Å². The molecule has 1 nitrogen and oxygen atoms in total. The van der Waals surface area contributed by atoms with Crippen LogP contribution in [0.4, 0.5) is 0 Å². The van der Waals surface area contributed by atoms with E-state index >= 15 is 0 Å². The van der Waals surface area contributed by atoms with E-state index in [1.807, 2.05) is 48.5 Å². The number of hydrogen-bond donors (Lipinski definition) is 0. The Hall–Kier alpha value is -1.93. The zero-order chi connectivity index (χ0) is 13.8. The van der Waals surface area contributed by atoms with Crippen LogP contribution in [0.3, 0.4) is 0 Å². The predicted molar refractivity (Wildman–Crippen MR) is 85.9 cm³/mol. The van der Waals surface area contributed by atoms with Crippen LogP contribution in [-0.2, 0) is 22.3 Å². The van der Waals surface area contributed by atoms with E-state index in [9.17, 15) is 4.21 Å². The lowest BCUT2D eigenvalue weighted by molar-refractivity contribution is 0.682. The number of fused-ring (bicyclic) bond motifs is 1. The fourth-order valence-electron chi connectivity index (χ4n) is 2.40. The van der Waals surface area contributed by atoms with Crippen LogP contribution in [-0.4, -0.2) is 4.21 Å². The molecule has 0 aliphatic rings. The van der Waals surface area contributed by atoms with Crippen LogP contribution in [0.1, 0.15) is 11.1 Å². The maximum Gasteiger partial charge on any atom is 0.0495 e. The van der Waals surface area contributed by atoms with Crippen molar-refractivity contribution in [3.8, 4) is 0 Å². The summed E-state index contributed by atoms with van der Waals surface area (Å²) in [4.78, 5) is 0. The minimum Gasteiger partial charge on any atom is -0.259 e. The van der Waals surface area contributed by atoms with E-state index in [0.29, 0.717) is 11.5 Å². The summed E-state index contributed by atoms with van der Waals surface area (Å²) in [7, 11) is -0.878. The second-order valence-electron chi connectivity index (χ2n) is 4.85. The summed E-state index contributed by atoms with van der Waals surface area (Å²) in [6.45, 7) is 0. The Morgan fingerprint density at radius 3 is 2.25 bits per heavy atom. The van der Waals surface area contributed by atoms with E-state index in [1.54, 1.807) is 0 Å². The van der Waals surface area contributed by atoms with Gasteiger partial charge in [0.25, 0.3) is 0 Å². The Balaban J connectivity index is 1.81. The van der Waals surface area contributed by atoms with E-state index in [4.69, 9.17) is 0 Å². The highest BCUT2D eigenvalue weighted by Gasteiger charge is 2.06. The molecule has 3 aromatic carbocycles. The lowest BCUT2D eigenvalue weighted by Crippen LogP contribution is -2.00. The maximum atomic E-state index is 12.3. The molecule has 0 bridgehead atoms. The van der Waals surface area contributed by atoms with Crippen LogP contribution in [0.5, 0.6) is 0 Å². The van der Waals surface area contributed by atoms with Gasteiger partial charge in [0.05, 0.1) is 0 Å². The summed E-state index contributed by atoms with van der Waals surface area (Å²) >= 11 is 0. The van der Waals surface area contributed by atoms with Crippen molar-refractivity contribution in [1.29, 1.82) is 0 Å². The van der Waals surface area contributed by atoms with Crippen molar-refractivity contribution in [3.63, 3.8) is 0 Å². The molecule has 3 rings (SSSR count). The Labute approximate surface area is 121 Å². The molecule has 0 N–H and O–H groups in total. The Bertz CT molecular complexity index is 729. The topological polar surface area (TPSA) is 17.1 Å². The average Bonchev–Trinajstić information content (AvgIpc) is 2.48. The van der Waals surface area contributed by atoms with Gasteiger partial charge < -0.3 is 0 Å². The third-order valence-corrected chi connectivity index (χ3v) is 4.66. The summed E-state index contributed by atoms with van der Waals surface area (Å²) in [5.74, 6) is 1.22. The molecular weight excluding hydrogens is 264 g/mol. The molecule has 0 fully saturated rings. The summed E-state index contributed by atoms with van der Waals surface area (Å²) in [5, 5.41) is 2.41. The van der Waals surface area contributed by atoms with Crippen molar-refractivity contribution in [2.75, 3.05) is 0 Å². The molecule has 1 atom stereocenters. The van der Waals surface area contributed by atoms with E-state index in [2.05, 4.69) is 24.3 Å². The van der Waals surface area contributed by atoms with Crippen LogP contribution >= 0.6 is 0 Å². The van der Waals surface area contributed by atoms with Crippen LogP contribution in [0.2, 0.25) is 0 Å². The van der Waals surface area contributed by atoms with Crippen molar-refractivity contribution in [3.05, 3.63) is 83.9 Å². The molecule has 0 aromatic heterocycles. The van der Waals surface area contributed by atoms with Gasteiger partial charge in [0, 0.05) is 22.3 Å². The summed E-state index contributed by atoms with van der Waals surface area (Å²) in [5.41, 5.74) is 2.29. The van der Waals surface area contributed by atoms with E-state index in [0.717, 1.165) is 11.1 Å². The fourth-order valence-corrected chi connectivity index (χ4v) is 3.67. The molecule has 0 unspecified atom stereocenters. The van der Waals surface area contributed by atoms with Crippen LogP contribution in [0.15, 0.2) is 72.8 Å². The molecule has 3 aromatic rings. The highest BCUT2D eigenvalue weighted by atomic mass is 32.2. The molecule has 0 radical (unpaired) electrons. The molecule has 100 valence electrons. The molecule has 0 saturated heterocycles. The Morgan fingerprint density at radius 1 is 0.700 bits per heavy atom. The number of benzene rings is 3. The third-order valence-electron chi connectivity index (χ3n) is 3.37. The normalized spacial score (nSPS) is 12.4. The minimum absolute atomic E-state index is 0.607. The van der Waals surface area contributed by atoms with Crippen molar-refractivity contribution < 1.29 is 4.21 Å². The molecule has 0 amide bonds. The lowest BCUT2D eigenvalue weighted by atomic mass is 10.1. The summed E-state index contributed by atoms with van der Waals surface area (Å²) in [6.07, 6.45) is 0. The average molecular weight is 280 g/mol. The SMILES string of the molecule is O=[S@@](Cc1ccccc1)Cc1cccc2ccccc12. The number of hydrogen-bond acceptors (Lipinski definition) is 1. The molecule has 0 heterocycles. The highest BCUT2D eigenvalue weighted by molar-refractivity contribution is 7.83. The molecular formula is C18H16OS. The van der Waals surface area contributed by atoms with Crippen LogP contribution in [0, 0.1) is 0 Å². The molecule has 0 aliphatic heterocycles. The number of rotatable bonds is 4. The first kappa shape index (κ1) is 13.1. The highest BCUT2D eigenvalue weighted by Crippen LogP contribution is 2.20. The van der Waals surface area contributed by atoms with E-state index < -0.39 is 10.8 Å². The first-order valence-corrected chi connectivity index (χ1v) is 8.17. The Kier molecular flexibility index (Phi) is 3.93. The van der Waals surface area contributed by atoms with Gasteiger partial charge in [-0.15, -0.1) is 0 Å². The van der Waals surface area contributed by atoms with Gasteiger partial charge in [-0.2, -0.15) is 0 Å². The minimum atomic E-state index is -0.878. The van der Waals surface area contributed by atoms with Gasteiger partial charge in [-0.1, -0.05) is 72.8 Å². The van der Waals surface area contributed by atoms with Gasteiger partial charge in [-0.05, 0) is 21.9 Å². The van der Waals surface area contributed by atoms with E-state index in [1.165, 1.54) is 10.8 Å². The summed E-state index contributed by atoms with van der Waals surface area (Å²) < 4.78 is 12.3. The van der Waals surface area contributed by atoms with Gasteiger partial charge in [0.15, 0.2) is 0 Å². The predicted octanol–water partition coefficient (Wildman–Crippen LogP) is 4.29. The second kappa shape index (κ2) is 6.02. The van der Waals surface area contributed by atoms with Gasteiger partial charge in [0.2, 0.25) is 0 Å². The first-order valence-electron chi connectivity index (χ1n) is 6.68. The quantitative estimate of drug-likeness (QED) is 0.697. The van der Waals surface area contributed by atoms with Gasteiger partial charge in [-0.3, -0.25) is 4.21 Å². The van der Waals surface area contributed by atoms with Gasteiger partial charge in [0.1, 0.15) is 0 Å². The Morgan fingerprint density at radius 2 is 1.40 bits per heavy atom. The molecule has 0 spiro atoms. The summed E-state index contributed by atoms with van der Waals surface area (Å²) in [6, 6.07) is 24.5. The van der Waals surface area contributed by atoms with Gasteiger partial charge in [-0.25, -0.2) is 0 Å². The van der Waals surface area contributed by atoms with Crippen LogP contribution in [0.25, 0.3) is 10.8 Å². The fraction of sp³-hybridized carbons (Fsp3) is 0.111. The molecule has 20 heavy (non-hydrogen) atoms. The largest absolute Gasteiger partial charge is 0.259 e. The lowest BCUT2D eigenvalue weighted by Gasteiger charge is -2.07. The monoisotopic (exact) mass is 280 g/mol. The zero-order valence-corrected chi connectivity index (χ0v) is 12.0. The third kappa shape index (κ3) is 2.97. The van der Waals surface area contributed by atoms with Crippen LogP contribution < -0.4 is 0 Å². The first-order chi connectivity index (χ1) is 9.83. The standard InChI is InChI=1S/C18H16OS/c19-20(13-15-7-2-1-3-8-15)14-17-11-6-10-16-9-4-5-12-18(16)17/h1-12H,13-14H2/t20-/m0/s1. The van der Waals surface area contributed by atoms with E-state index in [-0.39, 0.29) is 0 Å². The van der Waals surface area contributed by atoms with Crippen molar-refractivity contribution >= 4 is 21.6 Å². The molecule has 2 heteroatoms. The van der Waals surface area contributed by atoms with Gasteiger partial charge >= 0.3 is 0 Å². The maximum absolute atomic E-state index is 12.3. The smallest absolute Gasteiger partial charge is 0.0495 e. The molecule has 0 aliphatic carbocycles. The molecule has 0 saturated carbocycles. The second-order valence-corrected chi connectivity index (χ2v) is 6.31. The van der Waals surface area contributed by atoms with Crippen molar-refractivity contribution in [2.45, 2.75) is 11.5 Å².